The second-order valence-electron chi connectivity index (χ2n) is 6.55. The van der Waals surface area contributed by atoms with Gasteiger partial charge in [-0.2, -0.15) is 0 Å². The van der Waals surface area contributed by atoms with Crippen LogP contribution in [0.25, 0.3) is 6.08 Å². The Balaban J connectivity index is 2.01. The van der Waals surface area contributed by atoms with E-state index in [2.05, 4.69) is 5.32 Å². The number of benzene rings is 2. The number of carbonyl (C=O) groups excluding carboxylic acids is 2. The molecule has 0 fully saturated rings. The second kappa shape index (κ2) is 11.3. The van der Waals surface area contributed by atoms with Gasteiger partial charge in [-0.25, -0.2) is 4.79 Å². The molecule has 0 saturated heterocycles. The monoisotopic (exact) mass is 447 g/mol. The lowest BCUT2D eigenvalue weighted by molar-refractivity contribution is -0.148. The average Bonchev–Trinajstić information content (AvgIpc) is 2.75. The third-order valence-corrected chi connectivity index (χ3v) is 4.71. The Kier molecular flexibility index (Phi) is 8.75. The number of anilines is 1. The lowest BCUT2D eigenvalue weighted by Gasteiger charge is -2.15. The molecule has 8 heteroatoms. The smallest absolute Gasteiger partial charge is 0.331 e. The van der Waals surface area contributed by atoms with Crippen LogP contribution in [0.4, 0.5) is 5.69 Å². The van der Waals surface area contributed by atoms with E-state index in [1.807, 2.05) is 13.8 Å². The number of hydrogen-bond acceptors (Lipinski definition) is 6. The predicted octanol–water partition coefficient (Wildman–Crippen LogP) is 4.65. The van der Waals surface area contributed by atoms with Crippen molar-refractivity contribution >= 4 is 35.2 Å². The van der Waals surface area contributed by atoms with Crippen molar-refractivity contribution in [1.82, 2.24) is 0 Å². The van der Waals surface area contributed by atoms with Gasteiger partial charge >= 0.3 is 5.97 Å². The summed E-state index contributed by atoms with van der Waals surface area (Å²) >= 11 is 6.08. The van der Waals surface area contributed by atoms with Gasteiger partial charge in [0, 0.05) is 17.2 Å². The molecule has 2 aromatic rings. The van der Waals surface area contributed by atoms with Crippen LogP contribution in [0.1, 0.15) is 25.0 Å². The van der Waals surface area contributed by atoms with Crippen molar-refractivity contribution < 1.29 is 28.5 Å². The number of rotatable bonds is 9. The topological polar surface area (TPSA) is 83.1 Å². The quantitative estimate of drug-likeness (QED) is 0.445. The largest absolute Gasteiger partial charge is 0.495 e. The van der Waals surface area contributed by atoms with Gasteiger partial charge in [-0.3, -0.25) is 4.79 Å². The Bertz CT molecular complexity index is 973. The van der Waals surface area contributed by atoms with E-state index in [0.717, 1.165) is 11.1 Å². The summed E-state index contributed by atoms with van der Waals surface area (Å²) in [5.74, 6) is 0.422. The highest BCUT2D eigenvalue weighted by molar-refractivity contribution is 6.31. The van der Waals surface area contributed by atoms with E-state index in [-0.39, 0.29) is 0 Å². The van der Waals surface area contributed by atoms with Gasteiger partial charge in [-0.1, -0.05) is 17.7 Å². The number of carbonyl (C=O) groups is 2. The highest BCUT2D eigenvalue weighted by Crippen LogP contribution is 2.31. The van der Waals surface area contributed by atoms with Gasteiger partial charge < -0.3 is 24.3 Å². The van der Waals surface area contributed by atoms with E-state index >= 15 is 0 Å². The maximum Gasteiger partial charge on any atom is 0.331 e. The Morgan fingerprint density at radius 1 is 1.10 bits per heavy atom. The van der Waals surface area contributed by atoms with Gasteiger partial charge in [-0.15, -0.1) is 0 Å². The minimum Gasteiger partial charge on any atom is -0.495 e. The molecule has 0 radical (unpaired) electrons. The van der Waals surface area contributed by atoms with Gasteiger partial charge in [0.1, 0.15) is 5.75 Å². The van der Waals surface area contributed by atoms with E-state index in [0.29, 0.717) is 34.6 Å². The van der Waals surface area contributed by atoms with Crippen LogP contribution in [0.3, 0.4) is 0 Å². The third kappa shape index (κ3) is 6.65. The highest BCUT2D eigenvalue weighted by atomic mass is 35.5. The molecule has 1 unspecified atom stereocenters. The number of halogens is 1. The maximum absolute atomic E-state index is 12.4. The normalized spacial score (nSPS) is 11.7. The summed E-state index contributed by atoms with van der Waals surface area (Å²) < 4.78 is 21.2. The van der Waals surface area contributed by atoms with Crippen LogP contribution in [-0.2, 0) is 14.3 Å². The number of nitrogens with one attached hydrogen (secondary N) is 1. The molecule has 1 amide bonds. The number of esters is 1. The summed E-state index contributed by atoms with van der Waals surface area (Å²) in [5, 5.41) is 3.21. The summed E-state index contributed by atoms with van der Waals surface area (Å²) in [6.07, 6.45) is 1.79. The lowest BCUT2D eigenvalue weighted by atomic mass is 10.2. The van der Waals surface area contributed by atoms with Crippen LogP contribution < -0.4 is 19.5 Å². The van der Waals surface area contributed by atoms with E-state index in [4.69, 9.17) is 30.5 Å². The summed E-state index contributed by atoms with van der Waals surface area (Å²) in [5.41, 5.74) is 1.93. The van der Waals surface area contributed by atoms with Crippen LogP contribution in [0, 0.1) is 6.92 Å². The lowest BCUT2D eigenvalue weighted by Crippen LogP contribution is -2.29. The summed E-state index contributed by atoms with van der Waals surface area (Å²) in [7, 11) is 3.01. The van der Waals surface area contributed by atoms with Crippen LogP contribution in [0.5, 0.6) is 17.2 Å². The molecule has 1 N–H and O–H groups in total. The van der Waals surface area contributed by atoms with Gasteiger partial charge in [0.15, 0.2) is 17.6 Å². The van der Waals surface area contributed by atoms with Gasteiger partial charge in [0.05, 0.1) is 26.5 Å². The van der Waals surface area contributed by atoms with Crippen LogP contribution >= 0.6 is 11.6 Å². The minimum absolute atomic E-state index is 0.409. The fourth-order valence-corrected chi connectivity index (χ4v) is 2.81. The molecule has 0 aliphatic rings. The zero-order chi connectivity index (χ0) is 23.0. The number of ether oxygens (including phenoxy) is 4. The summed E-state index contributed by atoms with van der Waals surface area (Å²) in [6.45, 7) is 5.68. The minimum atomic E-state index is -1.02. The third-order valence-electron chi connectivity index (χ3n) is 4.30. The first-order chi connectivity index (χ1) is 14.8. The molecule has 2 rings (SSSR count). The fraction of sp³-hybridized carbons (Fsp3) is 0.304. The Labute approximate surface area is 186 Å². The van der Waals surface area contributed by atoms with Crippen molar-refractivity contribution in [1.29, 1.82) is 0 Å². The van der Waals surface area contributed by atoms with Crippen molar-refractivity contribution in [2.75, 3.05) is 26.1 Å². The van der Waals surface area contributed by atoms with Crippen molar-refractivity contribution in [2.24, 2.45) is 0 Å². The fourth-order valence-electron chi connectivity index (χ4n) is 2.66. The Morgan fingerprint density at radius 2 is 1.81 bits per heavy atom. The molecule has 1 atom stereocenters. The van der Waals surface area contributed by atoms with E-state index < -0.39 is 18.0 Å². The molecule has 0 bridgehead atoms. The molecule has 0 saturated carbocycles. The SMILES string of the molecule is CCOc1ccc(/C=C/C(=O)OC(C)C(=O)Nc2cc(C)c(Cl)cc2OC)cc1OC. The molecular weight excluding hydrogens is 422 g/mol. The zero-order valence-corrected chi connectivity index (χ0v) is 18.9. The average molecular weight is 448 g/mol. The molecule has 0 aliphatic carbocycles. The summed E-state index contributed by atoms with van der Waals surface area (Å²) in [6, 6.07) is 8.57. The standard InChI is InChI=1S/C23H26ClNO6/c1-6-30-19-9-7-16(12-21(19)29-5)8-10-22(26)31-15(3)23(27)25-18-11-14(2)17(24)13-20(18)28-4/h7-13,15H,6H2,1-5H3,(H,25,27)/b10-8+. The zero-order valence-electron chi connectivity index (χ0n) is 18.2. The summed E-state index contributed by atoms with van der Waals surface area (Å²) in [4.78, 5) is 24.6. The predicted molar refractivity (Wildman–Crippen MR) is 120 cm³/mol. The Hall–Kier alpha value is -3.19. The molecule has 0 aromatic heterocycles. The Morgan fingerprint density at radius 3 is 2.45 bits per heavy atom. The van der Waals surface area contributed by atoms with Crippen molar-refractivity contribution in [3.05, 3.63) is 52.6 Å². The number of hydrogen-bond donors (Lipinski definition) is 1. The molecule has 31 heavy (non-hydrogen) atoms. The molecule has 166 valence electrons. The number of amides is 1. The molecule has 0 heterocycles. The molecule has 2 aromatic carbocycles. The van der Waals surface area contributed by atoms with Crippen LogP contribution in [0.15, 0.2) is 36.4 Å². The van der Waals surface area contributed by atoms with Gasteiger partial charge in [-0.05, 0) is 56.2 Å². The van der Waals surface area contributed by atoms with Crippen LogP contribution in [0.2, 0.25) is 5.02 Å². The highest BCUT2D eigenvalue weighted by Gasteiger charge is 2.19. The number of methoxy groups -OCH3 is 2. The van der Waals surface area contributed by atoms with Crippen molar-refractivity contribution in [3.8, 4) is 17.2 Å². The first kappa shape index (κ1) is 24.1. The molecular formula is C23H26ClNO6. The molecule has 0 aliphatic heterocycles. The molecule has 7 nitrogen and oxygen atoms in total. The van der Waals surface area contributed by atoms with E-state index in [1.165, 1.54) is 27.2 Å². The van der Waals surface area contributed by atoms with E-state index in [9.17, 15) is 9.59 Å². The van der Waals surface area contributed by atoms with Crippen molar-refractivity contribution in [2.45, 2.75) is 26.9 Å². The van der Waals surface area contributed by atoms with E-state index in [1.54, 1.807) is 36.4 Å². The van der Waals surface area contributed by atoms with Gasteiger partial charge in [0.2, 0.25) is 0 Å². The second-order valence-corrected chi connectivity index (χ2v) is 6.95. The van der Waals surface area contributed by atoms with Gasteiger partial charge in [0.25, 0.3) is 5.91 Å². The maximum atomic E-state index is 12.4. The van der Waals surface area contributed by atoms with Crippen LogP contribution in [-0.4, -0.2) is 38.8 Å². The molecule has 0 spiro atoms. The first-order valence-electron chi connectivity index (χ1n) is 9.63. The first-order valence-corrected chi connectivity index (χ1v) is 10.0. The number of aryl methyl sites for hydroxylation is 1. The van der Waals surface area contributed by atoms with Crippen molar-refractivity contribution in [3.63, 3.8) is 0 Å².